The third-order valence-electron chi connectivity index (χ3n) is 3.74. The van der Waals surface area contributed by atoms with Crippen molar-refractivity contribution < 1.29 is 0 Å². The summed E-state index contributed by atoms with van der Waals surface area (Å²) in [7, 11) is 0. The first-order valence-corrected chi connectivity index (χ1v) is 7.10. The van der Waals surface area contributed by atoms with Crippen LogP contribution in [0.15, 0.2) is 17.7 Å². The van der Waals surface area contributed by atoms with Crippen molar-refractivity contribution >= 4 is 6.08 Å². The number of nitrogens with one attached hydrogen (secondary N) is 1. The Morgan fingerprint density at radius 3 is 2.33 bits per heavy atom. The van der Waals surface area contributed by atoms with Gasteiger partial charge in [0, 0.05) is 12.6 Å². The van der Waals surface area contributed by atoms with Gasteiger partial charge < -0.3 is 5.32 Å². The van der Waals surface area contributed by atoms with E-state index in [9.17, 15) is 0 Å². The summed E-state index contributed by atoms with van der Waals surface area (Å²) >= 11 is 0. The van der Waals surface area contributed by atoms with Gasteiger partial charge in [-0.05, 0) is 56.7 Å². The summed E-state index contributed by atoms with van der Waals surface area (Å²) in [6, 6.07) is 5.35. The zero-order chi connectivity index (χ0) is 13.1. The van der Waals surface area contributed by atoms with Crippen LogP contribution in [-0.4, -0.2) is 12.6 Å². The van der Waals surface area contributed by atoms with Crippen LogP contribution in [-0.2, 0) is 0 Å². The SMILES string of the molecule is CCC(=Cc1c(C)cc(C)cc1C)CNC1CC1. The summed E-state index contributed by atoms with van der Waals surface area (Å²) in [6.45, 7) is 9.90. The van der Waals surface area contributed by atoms with Crippen LogP contribution in [0.4, 0.5) is 0 Å². The molecule has 1 heteroatoms. The Kier molecular flexibility index (Phi) is 4.23. The molecular formula is C17H25N. The molecule has 1 aliphatic rings. The molecule has 0 saturated heterocycles. The highest BCUT2D eigenvalue weighted by atomic mass is 14.9. The Labute approximate surface area is 111 Å². The maximum Gasteiger partial charge on any atom is 0.0170 e. The van der Waals surface area contributed by atoms with Crippen LogP contribution in [0.1, 0.15) is 48.4 Å². The number of rotatable bonds is 5. The zero-order valence-electron chi connectivity index (χ0n) is 12.1. The van der Waals surface area contributed by atoms with Crippen LogP contribution >= 0.6 is 0 Å². The molecule has 0 heterocycles. The van der Waals surface area contributed by atoms with E-state index < -0.39 is 0 Å². The predicted molar refractivity (Wildman–Crippen MR) is 79.9 cm³/mol. The number of aryl methyl sites for hydroxylation is 3. The molecule has 1 N–H and O–H groups in total. The summed E-state index contributed by atoms with van der Waals surface area (Å²) in [5.41, 5.74) is 7.07. The van der Waals surface area contributed by atoms with Gasteiger partial charge in [-0.1, -0.05) is 36.3 Å². The zero-order valence-corrected chi connectivity index (χ0v) is 12.1. The van der Waals surface area contributed by atoms with E-state index in [2.05, 4.69) is 51.2 Å². The predicted octanol–water partition coefficient (Wildman–Crippen LogP) is 4.16. The maximum absolute atomic E-state index is 3.61. The first-order valence-electron chi connectivity index (χ1n) is 7.10. The molecule has 0 aliphatic heterocycles. The van der Waals surface area contributed by atoms with E-state index in [0.717, 1.165) is 19.0 Å². The van der Waals surface area contributed by atoms with Crippen molar-refractivity contribution in [3.05, 3.63) is 40.0 Å². The van der Waals surface area contributed by atoms with Gasteiger partial charge in [-0.25, -0.2) is 0 Å². The maximum atomic E-state index is 3.61. The van der Waals surface area contributed by atoms with Crippen molar-refractivity contribution in [1.29, 1.82) is 0 Å². The standard InChI is InChI=1S/C17H25N/c1-5-15(11-18-16-6-7-16)10-17-13(3)8-12(2)9-14(17)4/h8-10,16,18H,5-7,11H2,1-4H3. The molecule has 1 fully saturated rings. The average molecular weight is 243 g/mol. The van der Waals surface area contributed by atoms with Crippen LogP contribution in [0, 0.1) is 20.8 Å². The molecule has 0 aromatic heterocycles. The Hall–Kier alpha value is -1.08. The molecule has 0 bridgehead atoms. The van der Waals surface area contributed by atoms with Crippen molar-refractivity contribution in [1.82, 2.24) is 5.32 Å². The van der Waals surface area contributed by atoms with Gasteiger partial charge >= 0.3 is 0 Å². The third-order valence-corrected chi connectivity index (χ3v) is 3.74. The van der Waals surface area contributed by atoms with Crippen molar-refractivity contribution in [2.45, 2.75) is 53.0 Å². The van der Waals surface area contributed by atoms with Crippen molar-refractivity contribution in [3.8, 4) is 0 Å². The van der Waals surface area contributed by atoms with E-state index >= 15 is 0 Å². The van der Waals surface area contributed by atoms with Crippen LogP contribution in [0.3, 0.4) is 0 Å². The molecule has 18 heavy (non-hydrogen) atoms. The lowest BCUT2D eigenvalue weighted by Crippen LogP contribution is -2.19. The summed E-state index contributed by atoms with van der Waals surface area (Å²) in [6.07, 6.45) is 6.24. The molecule has 1 aromatic carbocycles. The van der Waals surface area contributed by atoms with Crippen LogP contribution in [0.25, 0.3) is 6.08 Å². The fraction of sp³-hybridized carbons (Fsp3) is 0.529. The molecule has 0 unspecified atom stereocenters. The van der Waals surface area contributed by atoms with E-state index in [1.54, 1.807) is 0 Å². The largest absolute Gasteiger partial charge is 0.310 e. The highest BCUT2D eigenvalue weighted by Gasteiger charge is 2.20. The van der Waals surface area contributed by atoms with Crippen molar-refractivity contribution in [2.24, 2.45) is 0 Å². The van der Waals surface area contributed by atoms with Gasteiger partial charge in [-0.2, -0.15) is 0 Å². The van der Waals surface area contributed by atoms with Crippen molar-refractivity contribution in [2.75, 3.05) is 6.54 Å². The molecule has 0 atom stereocenters. The van der Waals surface area contributed by atoms with Gasteiger partial charge in [0.2, 0.25) is 0 Å². The van der Waals surface area contributed by atoms with Gasteiger partial charge in [0.05, 0.1) is 0 Å². The van der Waals surface area contributed by atoms with Crippen LogP contribution in [0.2, 0.25) is 0 Å². The minimum absolute atomic E-state index is 0.792. The normalized spacial score (nSPS) is 16.1. The molecule has 2 rings (SSSR count). The van der Waals surface area contributed by atoms with E-state index in [1.807, 2.05) is 0 Å². The molecule has 1 nitrogen and oxygen atoms in total. The molecule has 0 radical (unpaired) electrons. The van der Waals surface area contributed by atoms with E-state index in [1.165, 1.54) is 40.7 Å². The first-order chi connectivity index (χ1) is 8.60. The third kappa shape index (κ3) is 3.46. The van der Waals surface area contributed by atoms with Gasteiger partial charge in [-0.15, -0.1) is 0 Å². The molecule has 0 amide bonds. The summed E-state index contributed by atoms with van der Waals surface area (Å²) in [4.78, 5) is 0. The highest BCUT2D eigenvalue weighted by Crippen LogP contribution is 2.22. The van der Waals surface area contributed by atoms with Gasteiger partial charge in [0.15, 0.2) is 0 Å². The summed E-state index contributed by atoms with van der Waals surface area (Å²) in [5, 5.41) is 3.61. The Morgan fingerprint density at radius 1 is 1.22 bits per heavy atom. The summed E-state index contributed by atoms with van der Waals surface area (Å²) < 4.78 is 0. The topological polar surface area (TPSA) is 12.0 Å². The van der Waals surface area contributed by atoms with E-state index in [-0.39, 0.29) is 0 Å². The Bertz CT molecular complexity index is 430. The highest BCUT2D eigenvalue weighted by molar-refractivity contribution is 5.61. The second-order valence-electron chi connectivity index (χ2n) is 5.62. The lowest BCUT2D eigenvalue weighted by atomic mass is 9.97. The molecule has 0 spiro atoms. The van der Waals surface area contributed by atoms with Crippen molar-refractivity contribution in [3.63, 3.8) is 0 Å². The Morgan fingerprint density at radius 2 is 1.83 bits per heavy atom. The Balaban J connectivity index is 2.17. The molecular weight excluding hydrogens is 218 g/mol. The minimum atomic E-state index is 0.792. The van der Waals surface area contributed by atoms with E-state index in [4.69, 9.17) is 0 Å². The molecule has 1 aromatic rings. The molecule has 98 valence electrons. The lowest BCUT2D eigenvalue weighted by Gasteiger charge is -2.11. The van der Waals surface area contributed by atoms with Crippen LogP contribution < -0.4 is 5.32 Å². The fourth-order valence-electron chi connectivity index (χ4n) is 2.46. The molecule has 1 saturated carbocycles. The summed E-state index contributed by atoms with van der Waals surface area (Å²) in [5.74, 6) is 0. The van der Waals surface area contributed by atoms with E-state index in [0.29, 0.717) is 0 Å². The lowest BCUT2D eigenvalue weighted by molar-refractivity contribution is 0.723. The van der Waals surface area contributed by atoms with Gasteiger partial charge in [0.25, 0.3) is 0 Å². The quantitative estimate of drug-likeness (QED) is 0.819. The number of hydrogen-bond donors (Lipinski definition) is 1. The number of hydrogen-bond acceptors (Lipinski definition) is 1. The fourth-order valence-corrected chi connectivity index (χ4v) is 2.46. The smallest absolute Gasteiger partial charge is 0.0170 e. The van der Waals surface area contributed by atoms with Crippen LogP contribution in [0.5, 0.6) is 0 Å². The first kappa shape index (κ1) is 13.4. The minimum Gasteiger partial charge on any atom is -0.310 e. The second-order valence-corrected chi connectivity index (χ2v) is 5.62. The second kappa shape index (κ2) is 5.71. The van der Waals surface area contributed by atoms with Gasteiger partial charge in [-0.3, -0.25) is 0 Å². The van der Waals surface area contributed by atoms with Gasteiger partial charge in [0.1, 0.15) is 0 Å². The number of benzene rings is 1. The average Bonchev–Trinajstić information content (AvgIpc) is 3.11. The molecule has 1 aliphatic carbocycles. The monoisotopic (exact) mass is 243 g/mol.